The zero-order valence-electron chi connectivity index (χ0n) is 16.8. The summed E-state index contributed by atoms with van der Waals surface area (Å²) in [5, 5.41) is 0. The Morgan fingerprint density at radius 2 is 1.79 bits per heavy atom. The van der Waals surface area contributed by atoms with Gasteiger partial charge in [-0.15, -0.1) is 0 Å². The lowest BCUT2D eigenvalue weighted by Gasteiger charge is -2.32. The number of nitrogens with zero attached hydrogens (tertiary/aromatic N) is 1. The minimum absolute atomic E-state index is 0.283. The normalized spacial score (nSPS) is 15.5. The summed E-state index contributed by atoms with van der Waals surface area (Å²) in [4.78, 5) is 13.7. The van der Waals surface area contributed by atoms with Crippen LogP contribution in [0, 0.1) is 25.6 Å². The van der Waals surface area contributed by atoms with Gasteiger partial charge in [-0.3, -0.25) is 4.79 Å². The Hall–Kier alpha value is -2.25. The van der Waals surface area contributed by atoms with Gasteiger partial charge in [-0.25, -0.2) is 17.5 Å². The van der Waals surface area contributed by atoms with Gasteiger partial charge in [0, 0.05) is 13.1 Å². The lowest BCUT2D eigenvalue weighted by Crippen LogP contribution is -2.44. The molecule has 0 aliphatic carbocycles. The van der Waals surface area contributed by atoms with E-state index in [4.69, 9.17) is 0 Å². The van der Waals surface area contributed by atoms with E-state index in [1.165, 1.54) is 34.9 Å². The minimum Gasteiger partial charge on any atom is -0.342 e. The summed E-state index contributed by atoms with van der Waals surface area (Å²) in [6, 6.07) is 11.7. The van der Waals surface area contributed by atoms with Crippen molar-refractivity contribution >= 4 is 15.9 Å². The molecule has 0 saturated carbocycles. The van der Waals surface area contributed by atoms with Crippen LogP contribution in [0.2, 0.25) is 0 Å². The van der Waals surface area contributed by atoms with Crippen LogP contribution >= 0.6 is 0 Å². The van der Waals surface area contributed by atoms with E-state index in [-0.39, 0.29) is 12.5 Å². The van der Waals surface area contributed by atoms with E-state index in [1.807, 2.05) is 0 Å². The number of halogens is 1. The summed E-state index contributed by atoms with van der Waals surface area (Å²) in [5.74, 6) is -0.606. The van der Waals surface area contributed by atoms with Crippen LogP contribution in [0.5, 0.6) is 0 Å². The molecule has 7 heteroatoms. The molecule has 0 radical (unpaired) electrons. The van der Waals surface area contributed by atoms with E-state index in [2.05, 4.69) is 36.8 Å². The molecular formula is C22H27FN2O3S. The van der Waals surface area contributed by atoms with Crippen molar-refractivity contribution in [2.24, 2.45) is 5.92 Å². The molecule has 2 aromatic rings. The Bertz CT molecular complexity index is 983. The van der Waals surface area contributed by atoms with E-state index in [9.17, 15) is 17.6 Å². The second-order valence-corrected chi connectivity index (χ2v) is 9.44. The number of carbonyl (C=O) groups excluding carboxylic acids is 1. The third kappa shape index (κ3) is 5.42. The van der Waals surface area contributed by atoms with Crippen LogP contribution in [0.25, 0.3) is 0 Å². The number of hydrogen-bond donors (Lipinski definition) is 1. The second kappa shape index (κ2) is 9.05. The number of benzene rings is 2. The van der Waals surface area contributed by atoms with Crippen molar-refractivity contribution < 1.29 is 17.6 Å². The van der Waals surface area contributed by atoms with Gasteiger partial charge < -0.3 is 4.90 Å². The second-order valence-electron chi connectivity index (χ2n) is 7.70. The highest BCUT2D eigenvalue weighted by molar-refractivity contribution is 7.89. The van der Waals surface area contributed by atoms with Crippen molar-refractivity contribution in [3.05, 3.63) is 65.0 Å². The van der Waals surface area contributed by atoms with Crippen molar-refractivity contribution in [3.8, 4) is 0 Å². The molecule has 5 nitrogen and oxygen atoms in total. The number of rotatable bonds is 6. The molecule has 0 bridgehead atoms. The Labute approximate surface area is 172 Å². The molecule has 1 aliphatic heterocycles. The molecule has 3 rings (SSSR count). The Morgan fingerprint density at radius 1 is 1.10 bits per heavy atom. The molecule has 1 amide bonds. The molecule has 29 heavy (non-hydrogen) atoms. The monoisotopic (exact) mass is 418 g/mol. The third-order valence-corrected chi connectivity index (χ3v) is 7.04. The van der Waals surface area contributed by atoms with Crippen molar-refractivity contribution in [2.45, 2.75) is 38.0 Å². The van der Waals surface area contributed by atoms with Crippen molar-refractivity contribution in [1.82, 2.24) is 9.62 Å². The average Bonchev–Trinajstić information content (AvgIpc) is 2.70. The first-order chi connectivity index (χ1) is 13.8. The van der Waals surface area contributed by atoms with Gasteiger partial charge in [-0.2, -0.15) is 0 Å². The molecule has 1 heterocycles. The van der Waals surface area contributed by atoms with Crippen LogP contribution in [0.1, 0.15) is 29.5 Å². The smallest absolute Gasteiger partial charge is 0.243 e. The number of nitrogens with one attached hydrogen (secondary N) is 1. The number of likely N-dealkylation sites (tertiary alicyclic amines) is 1. The van der Waals surface area contributed by atoms with Gasteiger partial charge in [0.05, 0.1) is 6.54 Å². The summed E-state index contributed by atoms with van der Waals surface area (Å²) >= 11 is 0. The molecule has 156 valence electrons. The predicted octanol–water partition coefficient (Wildman–Crippen LogP) is 3.20. The van der Waals surface area contributed by atoms with Crippen LogP contribution in [-0.4, -0.2) is 38.9 Å². The van der Waals surface area contributed by atoms with Crippen LogP contribution in [0.15, 0.2) is 47.4 Å². The van der Waals surface area contributed by atoms with Gasteiger partial charge in [0.2, 0.25) is 15.9 Å². The SMILES string of the molecule is Cc1ccc(CC2CCN(C(=O)CNS(=O)(=O)c3ccccc3F)CC2)cc1C. The maximum absolute atomic E-state index is 13.7. The van der Waals surface area contributed by atoms with Crippen LogP contribution in [0.3, 0.4) is 0 Å². The minimum atomic E-state index is -4.06. The number of amides is 1. The van der Waals surface area contributed by atoms with E-state index in [0.717, 1.165) is 25.3 Å². The highest BCUT2D eigenvalue weighted by atomic mass is 32.2. The molecule has 1 aliphatic rings. The van der Waals surface area contributed by atoms with Crippen LogP contribution in [0.4, 0.5) is 4.39 Å². The number of carbonyl (C=O) groups is 1. The first-order valence-corrected chi connectivity index (χ1v) is 11.3. The van der Waals surface area contributed by atoms with Gasteiger partial charge >= 0.3 is 0 Å². The van der Waals surface area contributed by atoms with Gasteiger partial charge in [0.15, 0.2) is 0 Å². The van der Waals surface area contributed by atoms with Crippen molar-refractivity contribution in [1.29, 1.82) is 0 Å². The number of sulfonamides is 1. The van der Waals surface area contributed by atoms with E-state index < -0.39 is 20.7 Å². The molecule has 1 N–H and O–H groups in total. The highest BCUT2D eigenvalue weighted by Gasteiger charge is 2.25. The zero-order chi connectivity index (χ0) is 21.0. The van der Waals surface area contributed by atoms with Gasteiger partial charge in [0.1, 0.15) is 10.7 Å². The summed E-state index contributed by atoms with van der Waals surface area (Å²) in [6.45, 7) is 5.07. The highest BCUT2D eigenvalue weighted by Crippen LogP contribution is 2.23. The number of piperidine rings is 1. The predicted molar refractivity (Wildman–Crippen MR) is 111 cm³/mol. The summed E-state index contributed by atoms with van der Waals surface area (Å²) < 4.78 is 40.4. The maximum Gasteiger partial charge on any atom is 0.243 e. The molecule has 1 fully saturated rings. The van der Waals surface area contributed by atoms with Gasteiger partial charge in [-0.1, -0.05) is 30.3 Å². The molecule has 0 unspecified atom stereocenters. The average molecular weight is 419 g/mol. The Balaban J connectivity index is 1.50. The van der Waals surface area contributed by atoms with E-state index >= 15 is 0 Å². The molecule has 2 aromatic carbocycles. The van der Waals surface area contributed by atoms with Crippen LogP contribution < -0.4 is 4.72 Å². The molecular weight excluding hydrogens is 391 g/mol. The topological polar surface area (TPSA) is 66.5 Å². The van der Waals surface area contributed by atoms with Crippen LogP contribution in [-0.2, 0) is 21.2 Å². The fraction of sp³-hybridized carbons (Fsp3) is 0.409. The maximum atomic E-state index is 13.7. The quantitative estimate of drug-likeness (QED) is 0.783. The summed E-state index contributed by atoms with van der Waals surface area (Å²) in [6.07, 6.45) is 2.76. The lowest BCUT2D eigenvalue weighted by molar-refractivity contribution is -0.131. The molecule has 0 atom stereocenters. The van der Waals surface area contributed by atoms with Gasteiger partial charge in [0.25, 0.3) is 0 Å². The Kier molecular flexibility index (Phi) is 6.70. The lowest BCUT2D eigenvalue weighted by atomic mass is 9.89. The summed E-state index contributed by atoms with van der Waals surface area (Å²) in [7, 11) is -4.06. The summed E-state index contributed by atoms with van der Waals surface area (Å²) in [5.41, 5.74) is 3.89. The first-order valence-electron chi connectivity index (χ1n) is 9.84. The standard InChI is InChI=1S/C22H27FN2O3S/c1-16-7-8-19(13-17(16)2)14-18-9-11-25(12-10-18)22(26)15-24-29(27,28)21-6-4-3-5-20(21)23/h3-8,13,18,24H,9-12,14-15H2,1-2H3. The molecule has 1 saturated heterocycles. The Morgan fingerprint density at radius 3 is 2.45 bits per heavy atom. The van der Waals surface area contributed by atoms with Gasteiger partial charge in [-0.05, 0) is 67.9 Å². The molecule has 0 spiro atoms. The first kappa shape index (κ1) is 21.5. The van der Waals surface area contributed by atoms with Crippen molar-refractivity contribution in [3.63, 3.8) is 0 Å². The number of hydrogen-bond acceptors (Lipinski definition) is 3. The zero-order valence-corrected chi connectivity index (χ0v) is 17.6. The van der Waals surface area contributed by atoms with E-state index in [1.54, 1.807) is 4.90 Å². The van der Waals surface area contributed by atoms with Crippen molar-refractivity contribution in [2.75, 3.05) is 19.6 Å². The number of aryl methyl sites for hydroxylation is 2. The third-order valence-electron chi connectivity index (χ3n) is 5.60. The van der Waals surface area contributed by atoms with E-state index in [0.29, 0.717) is 19.0 Å². The largest absolute Gasteiger partial charge is 0.342 e. The molecule has 0 aromatic heterocycles. The fourth-order valence-electron chi connectivity index (χ4n) is 3.66. The fourth-order valence-corrected chi connectivity index (χ4v) is 4.71.